The SMILES string of the molecule is COc1ccc(Cn2nnc(-c3cccc(C(=O)NCc4ccccc4C(F)(F)F)c3)n2)cc1. The molecule has 1 heterocycles. The van der Waals surface area contributed by atoms with E-state index in [9.17, 15) is 18.0 Å². The van der Waals surface area contributed by atoms with Crippen LogP contribution in [0.5, 0.6) is 5.75 Å². The van der Waals surface area contributed by atoms with Crippen molar-refractivity contribution in [2.75, 3.05) is 7.11 Å². The van der Waals surface area contributed by atoms with Gasteiger partial charge in [-0.25, -0.2) is 0 Å². The van der Waals surface area contributed by atoms with E-state index in [2.05, 4.69) is 20.7 Å². The Morgan fingerprint density at radius 3 is 2.53 bits per heavy atom. The van der Waals surface area contributed by atoms with Gasteiger partial charge in [0, 0.05) is 17.7 Å². The lowest BCUT2D eigenvalue weighted by Gasteiger charge is -2.13. The molecule has 0 spiro atoms. The first kappa shape index (κ1) is 23.0. The smallest absolute Gasteiger partial charge is 0.416 e. The Morgan fingerprint density at radius 1 is 1.03 bits per heavy atom. The molecule has 1 aromatic heterocycles. The molecular weight excluding hydrogens is 447 g/mol. The van der Waals surface area contributed by atoms with Crippen molar-refractivity contribution in [1.29, 1.82) is 0 Å². The number of amides is 1. The van der Waals surface area contributed by atoms with Gasteiger partial charge in [-0.2, -0.15) is 18.0 Å². The first-order valence-electron chi connectivity index (χ1n) is 10.3. The largest absolute Gasteiger partial charge is 0.497 e. The van der Waals surface area contributed by atoms with Gasteiger partial charge in [-0.15, -0.1) is 10.2 Å². The van der Waals surface area contributed by atoms with Crippen molar-refractivity contribution in [2.45, 2.75) is 19.3 Å². The summed E-state index contributed by atoms with van der Waals surface area (Å²) in [5, 5.41) is 15.0. The maximum absolute atomic E-state index is 13.2. The van der Waals surface area contributed by atoms with Crippen LogP contribution in [0.4, 0.5) is 13.2 Å². The van der Waals surface area contributed by atoms with Crippen molar-refractivity contribution < 1.29 is 22.7 Å². The Labute approximate surface area is 193 Å². The van der Waals surface area contributed by atoms with E-state index in [0.717, 1.165) is 17.4 Å². The van der Waals surface area contributed by atoms with Gasteiger partial charge >= 0.3 is 6.18 Å². The first-order chi connectivity index (χ1) is 16.3. The summed E-state index contributed by atoms with van der Waals surface area (Å²) in [6.45, 7) is 0.144. The van der Waals surface area contributed by atoms with E-state index in [1.807, 2.05) is 24.3 Å². The monoisotopic (exact) mass is 467 g/mol. The third-order valence-corrected chi connectivity index (χ3v) is 5.08. The van der Waals surface area contributed by atoms with Crippen LogP contribution in [0.25, 0.3) is 11.4 Å². The molecule has 7 nitrogen and oxygen atoms in total. The summed E-state index contributed by atoms with van der Waals surface area (Å²) in [4.78, 5) is 14.0. The highest BCUT2D eigenvalue weighted by molar-refractivity contribution is 5.95. The van der Waals surface area contributed by atoms with Crippen LogP contribution >= 0.6 is 0 Å². The van der Waals surface area contributed by atoms with Gasteiger partial charge < -0.3 is 10.1 Å². The molecule has 10 heteroatoms. The number of halogens is 3. The zero-order chi connectivity index (χ0) is 24.1. The molecule has 1 amide bonds. The average molecular weight is 467 g/mol. The molecule has 0 aliphatic carbocycles. The molecule has 34 heavy (non-hydrogen) atoms. The van der Waals surface area contributed by atoms with E-state index in [1.165, 1.54) is 23.0 Å². The van der Waals surface area contributed by atoms with Gasteiger partial charge in [0.05, 0.1) is 19.2 Å². The lowest BCUT2D eigenvalue weighted by Crippen LogP contribution is -2.24. The number of hydrogen-bond acceptors (Lipinski definition) is 5. The molecule has 0 saturated heterocycles. The van der Waals surface area contributed by atoms with Gasteiger partial charge in [0.2, 0.25) is 5.82 Å². The quantitative estimate of drug-likeness (QED) is 0.437. The Morgan fingerprint density at radius 2 is 1.79 bits per heavy atom. The molecule has 0 aliphatic heterocycles. The van der Waals surface area contributed by atoms with Gasteiger partial charge in [-0.05, 0) is 46.7 Å². The number of rotatable bonds is 7. The van der Waals surface area contributed by atoms with Crippen LogP contribution in [0.3, 0.4) is 0 Å². The van der Waals surface area contributed by atoms with Crippen LogP contribution < -0.4 is 10.1 Å². The minimum Gasteiger partial charge on any atom is -0.497 e. The second-order valence-electron chi connectivity index (χ2n) is 7.41. The van der Waals surface area contributed by atoms with Crippen LogP contribution in [0.15, 0.2) is 72.8 Å². The molecule has 174 valence electrons. The number of methoxy groups -OCH3 is 1. The van der Waals surface area contributed by atoms with E-state index >= 15 is 0 Å². The lowest BCUT2D eigenvalue weighted by molar-refractivity contribution is -0.138. The zero-order valence-electron chi connectivity index (χ0n) is 18.1. The topological polar surface area (TPSA) is 81.9 Å². The van der Waals surface area contributed by atoms with Crippen LogP contribution in [0, 0.1) is 0 Å². The molecular formula is C24H20F3N5O2. The zero-order valence-corrected chi connectivity index (χ0v) is 18.1. The second kappa shape index (κ2) is 9.74. The van der Waals surface area contributed by atoms with Crippen LogP contribution in [-0.4, -0.2) is 33.2 Å². The second-order valence-corrected chi connectivity index (χ2v) is 7.41. The predicted molar refractivity (Wildman–Crippen MR) is 118 cm³/mol. The normalized spacial score (nSPS) is 11.3. The summed E-state index contributed by atoms with van der Waals surface area (Å²) in [6, 6.07) is 19.1. The fraction of sp³-hybridized carbons (Fsp3) is 0.167. The van der Waals surface area contributed by atoms with E-state index in [-0.39, 0.29) is 17.7 Å². The van der Waals surface area contributed by atoms with Crippen LogP contribution in [0.1, 0.15) is 27.0 Å². The number of ether oxygens (including phenoxy) is 1. The summed E-state index contributed by atoms with van der Waals surface area (Å²) in [7, 11) is 1.59. The van der Waals surface area contributed by atoms with Gasteiger partial charge in [0.25, 0.3) is 5.91 Å². The molecule has 4 rings (SSSR count). The summed E-state index contributed by atoms with van der Waals surface area (Å²) >= 11 is 0. The number of nitrogens with one attached hydrogen (secondary N) is 1. The molecule has 0 saturated carbocycles. The molecule has 0 radical (unpaired) electrons. The maximum atomic E-state index is 13.2. The minimum absolute atomic E-state index is 0.0114. The van der Waals surface area contributed by atoms with Gasteiger partial charge in [0.15, 0.2) is 0 Å². The predicted octanol–water partition coefficient (Wildman–Crippen LogP) is 4.35. The highest BCUT2D eigenvalue weighted by Gasteiger charge is 2.32. The molecule has 0 aliphatic rings. The summed E-state index contributed by atoms with van der Waals surface area (Å²) in [5.41, 5.74) is 0.999. The summed E-state index contributed by atoms with van der Waals surface area (Å²) in [5.74, 6) is 0.558. The average Bonchev–Trinajstić information content (AvgIpc) is 3.31. The highest BCUT2D eigenvalue weighted by atomic mass is 19.4. The van der Waals surface area contributed by atoms with Crippen molar-refractivity contribution in [3.05, 3.63) is 95.1 Å². The number of nitrogens with zero attached hydrogens (tertiary/aromatic N) is 4. The Bertz CT molecular complexity index is 1290. The molecule has 3 aromatic carbocycles. The Kier molecular flexibility index (Phi) is 6.58. The standard InChI is InChI=1S/C24H20F3N5O2/c1-34-20-11-9-16(10-12-20)15-32-30-22(29-31-32)17-6-4-7-18(13-17)23(33)28-14-19-5-2-3-8-21(19)24(25,26)27/h2-13H,14-15H2,1H3,(H,28,33). The molecule has 0 bridgehead atoms. The molecule has 1 N–H and O–H groups in total. The number of alkyl halides is 3. The fourth-order valence-electron chi connectivity index (χ4n) is 3.35. The number of aromatic nitrogens is 4. The Hall–Kier alpha value is -4.21. The van der Waals surface area contributed by atoms with Crippen molar-refractivity contribution in [1.82, 2.24) is 25.5 Å². The number of carbonyl (C=O) groups excluding carboxylic acids is 1. The summed E-state index contributed by atoms with van der Waals surface area (Å²) < 4.78 is 44.7. The van der Waals surface area contributed by atoms with Crippen molar-refractivity contribution in [3.63, 3.8) is 0 Å². The fourth-order valence-corrected chi connectivity index (χ4v) is 3.35. The van der Waals surface area contributed by atoms with Crippen LogP contribution in [0.2, 0.25) is 0 Å². The van der Waals surface area contributed by atoms with Gasteiger partial charge in [-0.1, -0.05) is 42.5 Å². The molecule has 0 fully saturated rings. The van der Waals surface area contributed by atoms with E-state index < -0.39 is 17.6 Å². The third kappa shape index (κ3) is 5.40. The van der Waals surface area contributed by atoms with Crippen molar-refractivity contribution in [2.24, 2.45) is 0 Å². The van der Waals surface area contributed by atoms with E-state index in [1.54, 1.807) is 31.4 Å². The first-order valence-corrected chi connectivity index (χ1v) is 10.3. The molecule has 0 atom stereocenters. The van der Waals surface area contributed by atoms with Gasteiger partial charge in [-0.3, -0.25) is 4.79 Å². The molecule has 4 aromatic rings. The summed E-state index contributed by atoms with van der Waals surface area (Å²) in [6.07, 6.45) is -4.50. The van der Waals surface area contributed by atoms with E-state index in [0.29, 0.717) is 17.9 Å². The Balaban J connectivity index is 1.44. The van der Waals surface area contributed by atoms with E-state index in [4.69, 9.17) is 4.74 Å². The van der Waals surface area contributed by atoms with Crippen molar-refractivity contribution in [3.8, 4) is 17.1 Å². The minimum atomic E-state index is -4.50. The highest BCUT2D eigenvalue weighted by Crippen LogP contribution is 2.31. The maximum Gasteiger partial charge on any atom is 0.416 e. The number of benzene rings is 3. The number of hydrogen-bond donors (Lipinski definition) is 1. The van der Waals surface area contributed by atoms with Crippen molar-refractivity contribution >= 4 is 5.91 Å². The lowest BCUT2D eigenvalue weighted by atomic mass is 10.1. The number of tetrazole rings is 1. The molecule has 0 unspecified atom stereocenters. The third-order valence-electron chi connectivity index (χ3n) is 5.08. The van der Waals surface area contributed by atoms with Gasteiger partial charge in [0.1, 0.15) is 5.75 Å². The van der Waals surface area contributed by atoms with Crippen LogP contribution in [-0.2, 0) is 19.3 Å². The number of carbonyl (C=O) groups is 1.